The van der Waals surface area contributed by atoms with Gasteiger partial charge in [-0.1, -0.05) is 0 Å². The molecule has 0 saturated heterocycles. The number of alkyl halides is 2. The van der Waals surface area contributed by atoms with Crippen LogP contribution in [0.3, 0.4) is 0 Å². The molecule has 0 radical (unpaired) electrons. The zero-order valence-corrected chi connectivity index (χ0v) is 12.0. The maximum atomic E-state index is 11.4. The normalized spacial score (nSPS) is 16.7. The van der Waals surface area contributed by atoms with Gasteiger partial charge in [-0.05, 0) is 24.6 Å². The predicted molar refractivity (Wildman–Crippen MR) is 77.4 cm³/mol. The van der Waals surface area contributed by atoms with E-state index in [1.54, 1.807) is 18.5 Å². The molecule has 0 spiro atoms. The average Bonchev–Trinajstić information content (AvgIpc) is 2.77. The van der Waals surface area contributed by atoms with Gasteiger partial charge in [0.25, 0.3) is 0 Å². The molecule has 3 heterocycles. The van der Waals surface area contributed by atoms with Crippen LogP contribution in [0.15, 0.2) is 30.6 Å². The van der Waals surface area contributed by atoms with Crippen molar-refractivity contribution < 1.29 is 9.90 Å². The number of nitrogens with zero attached hydrogens (tertiary/aromatic N) is 2. The summed E-state index contributed by atoms with van der Waals surface area (Å²) in [6.45, 7) is 0.597. The number of pyridine rings is 1. The molecule has 0 unspecified atom stereocenters. The Labute approximate surface area is 126 Å². The monoisotopic (exact) mass is 310 g/mol. The number of rotatable bonds is 2. The first-order chi connectivity index (χ1) is 9.48. The maximum absolute atomic E-state index is 11.4. The van der Waals surface area contributed by atoms with Gasteiger partial charge in [0, 0.05) is 36.6 Å². The molecule has 0 atom stereocenters. The van der Waals surface area contributed by atoms with Crippen LogP contribution in [0, 0.1) is 0 Å². The number of carbonyl (C=O) groups is 1. The number of fused-ring (bicyclic) bond motifs is 1. The molecule has 3 rings (SSSR count). The topological polar surface area (TPSA) is 55.1 Å². The number of aromatic nitrogens is 2. The van der Waals surface area contributed by atoms with Crippen molar-refractivity contribution in [2.45, 2.75) is 23.7 Å². The van der Waals surface area contributed by atoms with Crippen molar-refractivity contribution in [1.82, 2.24) is 9.55 Å². The number of hydrogen-bond acceptors (Lipinski definition) is 2. The van der Waals surface area contributed by atoms with Gasteiger partial charge in [0.05, 0.1) is 11.3 Å². The fourth-order valence-corrected chi connectivity index (χ4v) is 3.00. The third-order valence-electron chi connectivity index (χ3n) is 3.52. The van der Waals surface area contributed by atoms with E-state index in [-0.39, 0.29) is 5.56 Å². The van der Waals surface area contributed by atoms with Crippen molar-refractivity contribution in [1.29, 1.82) is 0 Å². The van der Waals surface area contributed by atoms with Crippen LogP contribution in [0.5, 0.6) is 0 Å². The Balaban J connectivity index is 2.17. The first-order valence-corrected chi connectivity index (χ1v) is 6.97. The number of hydrogen-bond donors (Lipinski definition) is 1. The van der Waals surface area contributed by atoms with Crippen molar-refractivity contribution in [3.05, 3.63) is 41.9 Å². The van der Waals surface area contributed by atoms with Gasteiger partial charge in [0.2, 0.25) is 0 Å². The average molecular weight is 311 g/mol. The summed E-state index contributed by atoms with van der Waals surface area (Å²) in [4.78, 5) is 15.5. The van der Waals surface area contributed by atoms with E-state index in [2.05, 4.69) is 4.98 Å². The van der Waals surface area contributed by atoms with Gasteiger partial charge < -0.3 is 9.67 Å². The van der Waals surface area contributed by atoms with E-state index in [9.17, 15) is 9.90 Å². The molecule has 4 nitrogen and oxygen atoms in total. The van der Waals surface area contributed by atoms with E-state index >= 15 is 0 Å². The van der Waals surface area contributed by atoms with Gasteiger partial charge in [-0.3, -0.25) is 4.98 Å². The molecule has 1 N–H and O–H groups in total. The summed E-state index contributed by atoms with van der Waals surface area (Å²) in [6.07, 6.45) is 4.32. The fourth-order valence-electron chi connectivity index (χ4n) is 2.58. The second-order valence-corrected chi connectivity index (χ2v) is 6.51. The molecule has 0 saturated carbocycles. The van der Waals surface area contributed by atoms with Gasteiger partial charge in [-0.15, -0.1) is 23.2 Å². The number of carboxylic acid groups (broad SMARTS) is 1. The summed E-state index contributed by atoms with van der Waals surface area (Å²) in [5.41, 5.74) is 2.66. The number of carboxylic acids is 1. The lowest BCUT2D eigenvalue weighted by Crippen LogP contribution is -2.28. The minimum absolute atomic E-state index is 0.259. The Bertz CT molecular complexity index is 665. The predicted octanol–water partition coefficient (Wildman–Crippen LogP) is 3.37. The zero-order chi connectivity index (χ0) is 14.3. The summed E-state index contributed by atoms with van der Waals surface area (Å²) in [5, 5.41) is 9.36. The second kappa shape index (κ2) is 4.79. The van der Waals surface area contributed by atoms with Crippen LogP contribution in [0.1, 0.15) is 22.5 Å². The molecule has 1 aliphatic rings. The highest BCUT2D eigenvalue weighted by molar-refractivity contribution is 6.48. The Hall–Kier alpha value is -1.52. The molecular weight excluding hydrogens is 299 g/mol. The highest BCUT2D eigenvalue weighted by atomic mass is 35.5. The molecule has 0 amide bonds. The molecule has 2 aromatic rings. The minimum Gasteiger partial charge on any atom is -0.478 e. The standard InChI is InChI=1S/C14H12Cl2N2O2/c15-14(16)3-5-18-11(9-2-1-4-17-8-9)6-10(13(19)20)12(18)7-14/h1-2,4,6,8H,3,5,7H2,(H,19,20). The molecule has 0 aliphatic carbocycles. The van der Waals surface area contributed by atoms with E-state index in [1.807, 2.05) is 16.7 Å². The zero-order valence-electron chi connectivity index (χ0n) is 10.5. The van der Waals surface area contributed by atoms with Gasteiger partial charge in [-0.2, -0.15) is 0 Å². The summed E-state index contributed by atoms with van der Waals surface area (Å²) >= 11 is 12.4. The first kappa shape index (κ1) is 13.5. The number of halogens is 2. The third kappa shape index (κ3) is 2.30. The highest BCUT2D eigenvalue weighted by Gasteiger charge is 2.34. The summed E-state index contributed by atoms with van der Waals surface area (Å²) in [6, 6.07) is 5.40. The quantitative estimate of drug-likeness (QED) is 0.865. The SMILES string of the molecule is O=C(O)c1cc(-c2cccnc2)n2c1CC(Cl)(Cl)CC2. The van der Waals surface area contributed by atoms with E-state index in [0.717, 1.165) is 11.3 Å². The Kier molecular flexibility index (Phi) is 3.22. The number of aromatic carboxylic acids is 1. The van der Waals surface area contributed by atoms with E-state index in [0.29, 0.717) is 25.1 Å². The van der Waals surface area contributed by atoms with Crippen LogP contribution in [0.2, 0.25) is 0 Å². The third-order valence-corrected chi connectivity index (χ3v) is 4.17. The highest BCUT2D eigenvalue weighted by Crippen LogP contribution is 2.39. The van der Waals surface area contributed by atoms with Crippen LogP contribution < -0.4 is 0 Å². The van der Waals surface area contributed by atoms with Crippen LogP contribution >= 0.6 is 23.2 Å². The summed E-state index contributed by atoms with van der Waals surface area (Å²) < 4.78 is 1.08. The molecule has 6 heteroatoms. The Morgan fingerprint density at radius 2 is 2.25 bits per heavy atom. The van der Waals surface area contributed by atoms with Crippen molar-refractivity contribution in [3.63, 3.8) is 0 Å². The van der Waals surface area contributed by atoms with Crippen LogP contribution in [0.4, 0.5) is 0 Å². The van der Waals surface area contributed by atoms with Crippen LogP contribution in [-0.2, 0) is 13.0 Å². The minimum atomic E-state index is -0.963. The van der Waals surface area contributed by atoms with E-state index in [1.165, 1.54) is 0 Å². The van der Waals surface area contributed by atoms with Gasteiger partial charge in [0.1, 0.15) is 4.33 Å². The fraction of sp³-hybridized carbons (Fsp3) is 0.286. The van der Waals surface area contributed by atoms with E-state index < -0.39 is 10.3 Å². The summed E-state index contributed by atoms with van der Waals surface area (Å²) in [5.74, 6) is -0.963. The van der Waals surface area contributed by atoms with Gasteiger partial charge >= 0.3 is 5.97 Å². The van der Waals surface area contributed by atoms with Gasteiger partial charge in [-0.25, -0.2) is 4.79 Å². The molecule has 2 aromatic heterocycles. The Morgan fingerprint density at radius 3 is 2.90 bits per heavy atom. The van der Waals surface area contributed by atoms with E-state index in [4.69, 9.17) is 23.2 Å². The molecule has 1 aliphatic heterocycles. The molecule has 0 fully saturated rings. The lowest BCUT2D eigenvalue weighted by molar-refractivity contribution is 0.0695. The molecule has 0 aromatic carbocycles. The largest absolute Gasteiger partial charge is 0.478 e. The molecule has 104 valence electrons. The maximum Gasteiger partial charge on any atom is 0.337 e. The molecular formula is C14H12Cl2N2O2. The van der Waals surface area contributed by atoms with Crippen LogP contribution in [0.25, 0.3) is 11.3 Å². The lowest BCUT2D eigenvalue weighted by atomic mass is 10.1. The van der Waals surface area contributed by atoms with Gasteiger partial charge in [0.15, 0.2) is 0 Å². The first-order valence-electron chi connectivity index (χ1n) is 6.22. The summed E-state index contributed by atoms with van der Waals surface area (Å²) in [7, 11) is 0. The second-order valence-electron chi connectivity index (χ2n) is 4.87. The Morgan fingerprint density at radius 1 is 1.45 bits per heavy atom. The smallest absolute Gasteiger partial charge is 0.337 e. The van der Waals surface area contributed by atoms with Crippen molar-refractivity contribution in [2.24, 2.45) is 0 Å². The molecule has 0 bridgehead atoms. The van der Waals surface area contributed by atoms with Crippen LogP contribution in [-0.4, -0.2) is 25.0 Å². The molecule has 20 heavy (non-hydrogen) atoms. The van der Waals surface area contributed by atoms with Crippen molar-refractivity contribution in [2.75, 3.05) is 0 Å². The lowest BCUT2D eigenvalue weighted by Gasteiger charge is -2.28. The van der Waals surface area contributed by atoms with Crippen molar-refractivity contribution in [3.8, 4) is 11.3 Å². The van der Waals surface area contributed by atoms with Crippen molar-refractivity contribution >= 4 is 29.2 Å².